The first-order valence-corrected chi connectivity index (χ1v) is 9.51. The number of carbonyl (C=O) groups is 1. The molecule has 0 bridgehead atoms. The minimum atomic E-state index is 0.0676. The number of hydrogen-bond donors (Lipinski definition) is 1. The highest BCUT2D eigenvalue weighted by molar-refractivity contribution is 9.10. The van der Waals surface area contributed by atoms with Gasteiger partial charge >= 0.3 is 0 Å². The molecule has 0 aromatic heterocycles. The standard InChI is InChI=1S/C19H21BrClN3O/c20-17-13-15(3-6-18(17)22)19(25)24-11-9-23(10-12-24)8-7-14-1-4-16(21)5-2-14/h1-6,13H,7-12,22H2. The summed E-state index contributed by atoms with van der Waals surface area (Å²) in [4.78, 5) is 16.9. The van der Waals surface area contributed by atoms with E-state index in [0.29, 0.717) is 11.3 Å². The quantitative estimate of drug-likeness (QED) is 0.765. The summed E-state index contributed by atoms with van der Waals surface area (Å²) < 4.78 is 0.764. The van der Waals surface area contributed by atoms with Crippen molar-refractivity contribution in [3.63, 3.8) is 0 Å². The molecular formula is C19H21BrClN3O. The number of carbonyl (C=O) groups excluding carboxylic acids is 1. The Morgan fingerprint density at radius 2 is 1.76 bits per heavy atom. The lowest BCUT2D eigenvalue weighted by molar-refractivity contribution is 0.0638. The van der Waals surface area contributed by atoms with Gasteiger partial charge < -0.3 is 10.6 Å². The molecule has 1 saturated heterocycles. The van der Waals surface area contributed by atoms with Crippen molar-refractivity contribution < 1.29 is 4.79 Å². The number of piperazine rings is 1. The Kier molecular flexibility index (Phi) is 5.99. The number of amides is 1. The van der Waals surface area contributed by atoms with Gasteiger partial charge in [0.25, 0.3) is 5.91 Å². The van der Waals surface area contributed by atoms with Gasteiger partial charge in [-0.1, -0.05) is 23.7 Å². The molecule has 0 unspecified atom stereocenters. The monoisotopic (exact) mass is 421 g/mol. The van der Waals surface area contributed by atoms with Crippen molar-refractivity contribution in [2.24, 2.45) is 0 Å². The van der Waals surface area contributed by atoms with Crippen LogP contribution in [-0.4, -0.2) is 48.4 Å². The Morgan fingerprint density at radius 3 is 2.40 bits per heavy atom. The minimum absolute atomic E-state index is 0.0676. The van der Waals surface area contributed by atoms with Gasteiger partial charge in [0, 0.05) is 53.5 Å². The Morgan fingerprint density at radius 1 is 1.08 bits per heavy atom. The van der Waals surface area contributed by atoms with Crippen LogP contribution in [0.3, 0.4) is 0 Å². The van der Waals surface area contributed by atoms with Crippen molar-refractivity contribution in [2.45, 2.75) is 6.42 Å². The number of rotatable bonds is 4. The summed E-state index contributed by atoms with van der Waals surface area (Å²) in [5.41, 5.74) is 8.39. The van der Waals surface area contributed by atoms with Crippen LogP contribution >= 0.6 is 27.5 Å². The van der Waals surface area contributed by atoms with Crippen molar-refractivity contribution >= 4 is 39.1 Å². The van der Waals surface area contributed by atoms with Crippen LogP contribution < -0.4 is 5.73 Å². The van der Waals surface area contributed by atoms with E-state index in [2.05, 4.69) is 33.0 Å². The second-order valence-electron chi connectivity index (χ2n) is 6.25. The molecule has 1 heterocycles. The average molecular weight is 423 g/mol. The normalized spacial score (nSPS) is 15.4. The van der Waals surface area contributed by atoms with E-state index in [0.717, 1.165) is 48.6 Å². The van der Waals surface area contributed by atoms with Gasteiger partial charge in [-0.05, 0) is 58.2 Å². The van der Waals surface area contributed by atoms with Crippen molar-refractivity contribution in [3.8, 4) is 0 Å². The van der Waals surface area contributed by atoms with E-state index >= 15 is 0 Å². The fourth-order valence-electron chi connectivity index (χ4n) is 2.96. The molecule has 4 nitrogen and oxygen atoms in total. The lowest BCUT2D eigenvalue weighted by atomic mass is 10.1. The van der Waals surface area contributed by atoms with E-state index in [-0.39, 0.29) is 5.91 Å². The number of anilines is 1. The van der Waals surface area contributed by atoms with Crippen LogP contribution in [0.1, 0.15) is 15.9 Å². The predicted octanol–water partition coefficient (Wildman–Crippen LogP) is 3.69. The van der Waals surface area contributed by atoms with Gasteiger partial charge in [-0.3, -0.25) is 9.69 Å². The third-order valence-corrected chi connectivity index (χ3v) is 5.48. The summed E-state index contributed by atoms with van der Waals surface area (Å²) in [5.74, 6) is 0.0676. The maximum atomic E-state index is 12.6. The van der Waals surface area contributed by atoms with E-state index in [9.17, 15) is 4.79 Å². The molecule has 3 rings (SSSR count). The highest BCUT2D eigenvalue weighted by Crippen LogP contribution is 2.21. The largest absolute Gasteiger partial charge is 0.398 e. The zero-order valence-corrected chi connectivity index (χ0v) is 16.3. The van der Waals surface area contributed by atoms with E-state index in [4.69, 9.17) is 17.3 Å². The molecule has 2 aromatic rings. The highest BCUT2D eigenvalue weighted by Gasteiger charge is 2.22. The topological polar surface area (TPSA) is 49.6 Å². The maximum absolute atomic E-state index is 12.6. The Balaban J connectivity index is 1.50. The summed E-state index contributed by atoms with van der Waals surface area (Å²) in [6, 6.07) is 13.3. The molecule has 1 fully saturated rings. The Hall–Kier alpha value is -1.56. The van der Waals surface area contributed by atoms with Gasteiger partial charge in [0.1, 0.15) is 0 Å². The molecule has 2 aromatic carbocycles. The first-order valence-electron chi connectivity index (χ1n) is 8.34. The Labute approximate surface area is 161 Å². The fourth-order valence-corrected chi connectivity index (χ4v) is 3.46. The second kappa shape index (κ2) is 8.21. The van der Waals surface area contributed by atoms with Gasteiger partial charge in [0.2, 0.25) is 0 Å². The molecule has 25 heavy (non-hydrogen) atoms. The summed E-state index contributed by atoms with van der Waals surface area (Å²) >= 11 is 9.30. The van der Waals surface area contributed by atoms with Crippen molar-refractivity contribution in [3.05, 3.63) is 63.1 Å². The summed E-state index contributed by atoms with van der Waals surface area (Å²) in [5, 5.41) is 0.769. The van der Waals surface area contributed by atoms with E-state index < -0.39 is 0 Å². The average Bonchev–Trinajstić information content (AvgIpc) is 2.63. The summed E-state index contributed by atoms with van der Waals surface area (Å²) in [7, 11) is 0. The first-order chi connectivity index (χ1) is 12.0. The van der Waals surface area contributed by atoms with Crippen LogP contribution in [-0.2, 0) is 6.42 Å². The molecule has 132 valence electrons. The van der Waals surface area contributed by atoms with Gasteiger partial charge in [-0.2, -0.15) is 0 Å². The van der Waals surface area contributed by atoms with E-state index in [1.54, 1.807) is 18.2 Å². The maximum Gasteiger partial charge on any atom is 0.253 e. The Bertz CT molecular complexity index is 743. The number of nitrogens with zero attached hydrogens (tertiary/aromatic N) is 2. The summed E-state index contributed by atoms with van der Waals surface area (Å²) in [6.07, 6.45) is 0.996. The van der Waals surface area contributed by atoms with Gasteiger partial charge in [0.15, 0.2) is 0 Å². The lowest BCUT2D eigenvalue weighted by Gasteiger charge is -2.34. The number of nitrogen functional groups attached to an aromatic ring is 1. The molecule has 0 radical (unpaired) electrons. The SMILES string of the molecule is Nc1ccc(C(=O)N2CCN(CCc3ccc(Cl)cc3)CC2)cc1Br. The zero-order valence-electron chi connectivity index (χ0n) is 13.9. The summed E-state index contributed by atoms with van der Waals surface area (Å²) in [6.45, 7) is 4.30. The third-order valence-electron chi connectivity index (χ3n) is 4.54. The van der Waals surface area contributed by atoms with E-state index in [1.807, 2.05) is 17.0 Å². The van der Waals surface area contributed by atoms with Crippen LogP contribution in [0, 0.1) is 0 Å². The molecule has 0 atom stereocenters. The van der Waals surface area contributed by atoms with Crippen LogP contribution in [0.5, 0.6) is 0 Å². The number of hydrogen-bond acceptors (Lipinski definition) is 3. The molecule has 2 N–H and O–H groups in total. The van der Waals surface area contributed by atoms with Gasteiger partial charge in [-0.15, -0.1) is 0 Å². The highest BCUT2D eigenvalue weighted by atomic mass is 79.9. The fraction of sp³-hybridized carbons (Fsp3) is 0.316. The smallest absolute Gasteiger partial charge is 0.253 e. The van der Waals surface area contributed by atoms with Crippen molar-refractivity contribution in [2.75, 3.05) is 38.5 Å². The second-order valence-corrected chi connectivity index (χ2v) is 7.54. The molecule has 6 heteroatoms. The molecule has 0 saturated carbocycles. The number of benzene rings is 2. The first kappa shape index (κ1) is 18.2. The molecule has 1 amide bonds. The van der Waals surface area contributed by atoms with Crippen molar-refractivity contribution in [1.82, 2.24) is 9.80 Å². The minimum Gasteiger partial charge on any atom is -0.398 e. The van der Waals surface area contributed by atoms with Crippen LogP contribution in [0.15, 0.2) is 46.9 Å². The van der Waals surface area contributed by atoms with E-state index in [1.165, 1.54) is 5.56 Å². The number of nitrogens with two attached hydrogens (primary N) is 1. The van der Waals surface area contributed by atoms with Gasteiger partial charge in [-0.25, -0.2) is 0 Å². The molecule has 0 spiro atoms. The predicted molar refractivity (Wildman–Crippen MR) is 106 cm³/mol. The third kappa shape index (κ3) is 4.75. The van der Waals surface area contributed by atoms with Gasteiger partial charge in [0.05, 0.1) is 0 Å². The molecule has 1 aliphatic heterocycles. The van der Waals surface area contributed by atoms with Crippen LogP contribution in [0.2, 0.25) is 5.02 Å². The van der Waals surface area contributed by atoms with Crippen LogP contribution in [0.25, 0.3) is 0 Å². The molecule has 0 aliphatic carbocycles. The van der Waals surface area contributed by atoms with Crippen molar-refractivity contribution in [1.29, 1.82) is 0 Å². The number of halogens is 2. The molecule has 1 aliphatic rings. The molecular weight excluding hydrogens is 402 g/mol. The lowest BCUT2D eigenvalue weighted by Crippen LogP contribution is -2.49. The zero-order chi connectivity index (χ0) is 17.8. The van der Waals surface area contributed by atoms with Crippen LogP contribution in [0.4, 0.5) is 5.69 Å².